The Morgan fingerprint density at radius 2 is 2.00 bits per heavy atom. The molecule has 0 aliphatic heterocycles. The number of nitro benzene ring substituents is 1. The molecule has 0 fully saturated rings. The fourth-order valence-corrected chi connectivity index (χ4v) is 2.03. The molecule has 0 unspecified atom stereocenters. The van der Waals surface area contributed by atoms with E-state index in [1.54, 1.807) is 19.0 Å². The number of hydrogen-bond acceptors (Lipinski definition) is 4. The average Bonchev–Trinajstić information content (AvgIpc) is 2.34. The SMILES string of the molecule is CNc1cc(C(=O)N(C)CC(C)(C)C)ccc1[N+](=O)[O-]. The van der Waals surface area contributed by atoms with Crippen LogP contribution in [0.2, 0.25) is 0 Å². The van der Waals surface area contributed by atoms with E-state index in [9.17, 15) is 14.9 Å². The molecule has 0 aromatic heterocycles. The highest BCUT2D eigenvalue weighted by atomic mass is 16.6. The molecule has 1 amide bonds. The van der Waals surface area contributed by atoms with Crippen LogP contribution in [0, 0.1) is 15.5 Å². The van der Waals surface area contributed by atoms with Crippen molar-refractivity contribution in [2.75, 3.05) is 26.0 Å². The van der Waals surface area contributed by atoms with Crippen LogP contribution in [-0.4, -0.2) is 36.4 Å². The summed E-state index contributed by atoms with van der Waals surface area (Å²) in [4.78, 5) is 24.3. The predicted octanol–water partition coefficient (Wildman–Crippen LogP) is 2.75. The van der Waals surface area contributed by atoms with Crippen LogP contribution in [0.5, 0.6) is 0 Å². The maximum atomic E-state index is 12.3. The van der Waals surface area contributed by atoms with Crippen molar-refractivity contribution in [1.29, 1.82) is 0 Å². The predicted molar refractivity (Wildman–Crippen MR) is 79.1 cm³/mol. The minimum absolute atomic E-state index is 0.00295. The van der Waals surface area contributed by atoms with Gasteiger partial charge in [0.2, 0.25) is 0 Å². The first kappa shape index (κ1) is 15.9. The highest BCUT2D eigenvalue weighted by molar-refractivity contribution is 5.95. The standard InChI is InChI=1S/C14H21N3O3/c1-14(2,3)9-16(5)13(18)10-6-7-12(17(19)20)11(8-10)15-4/h6-8,15H,9H2,1-5H3. The Balaban J connectivity index is 3.03. The summed E-state index contributed by atoms with van der Waals surface area (Å²) in [5.41, 5.74) is 0.732. The van der Waals surface area contributed by atoms with Crippen molar-refractivity contribution in [2.45, 2.75) is 20.8 Å². The molecule has 6 heteroatoms. The van der Waals surface area contributed by atoms with Gasteiger partial charge >= 0.3 is 0 Å². The number of amides is 1. The Kier molecular flexibility index (Phi) is 4.70. The fraction of sp³-hybridized carbons (Fsp3) is 0.500. The number of nitrogens with one attached hydrogen (secondary N) is 1. The van der Waals surface area contributed by atoms with Gasteiger partial charge in [0.15, 0.2) is 0 Å². The summed E-state index contributed by atoms with van der Waals surface area (Å²) in [6, 6.07) is 4.35. The second-order valence-corrected chi connectivity index (χ2v) is 5.96. The van der Waals surface area contributed by atoms with Crippen molar-refractivity contribution < 1.29 is 9.72 Å². The number of hydrogen-bond donors (Lipinski definition) is 1. The molecule has 1 N–H and O–H groups in total. The van der Waals surface area contributed by atoms with Crippen molar-refractivity contribution in [2.24, 2.45) is 5.41 Å². The van der Waals surface area contributed by atoms with Crippen molar-refractivity contribution in [3.8, 4) is 0 Å². The highest BCUT2D eigenvalue weighted by Crippen LogP contribution is 2.26. The molecule has 0 heterocycles. The van der Waals surface area contributed by atoms with Gasteiger partial charge < -0.3 is 10.2 Å². The van der Waals surface area contributed by atoms with Crippen LogP contribution in [0.25, 0.3) is 0 Å². The van der Waals surface area contributed by atoms with Gasteiger partial charge in [-0.3, -0.25) is 14.9 Å². The molecule has 0 bridgehead atoms. The number of anilines is 1. The Morgan fingerprint density at radius 3 is 2.45 bits per heavy atom. The van der Waals surface area contributed by atoms with Crippen molar-refractivity contribution >= 4 is 17.3 Å². The average molecular weight is 279 g/mol. The third-order valence-electron chi connectivity index (χ3n) is 2.77. The van der Waals surface area contributed by atoms with Gasteiger partial charge in [-0.2, -0.15) is 0 Å². The molecule has 1 aromatic carbocycles. The van der Waals surface area contributed by atoms with Crippen LogP contribution in [0.1, 0.15) is 31.1 Å². The zero-order valence-corrected chi connectivity index (χ0v) is 12.6. The third-order valence-corrected chi connectivity index (χ3v) is 2.77. The van der Waals surface area contributed by atoms with Crippen LogP contribution < -0.4 is 5.32 Å². The maximum absolute atomic E-state index is 12.3. The summed E-state index contributed by atoms with van der Waals surface area (Å²) in [5.74, 6) is -0.147. The van der Waals surface area contributed by atoms with Crippen LogP contribution in [-0.2, 0) is 0 Å². The fourth-order valence-electron chi connectivity index (χ4n) is 2.03. The third kappa shape index (κ3) is 3.94. The monoisotopic (exact) mass is 279 g/mol. The van der Waals surface area contributed by atoms with E-state index < -0.39 is 4.92 Å². The lowest BCUT2D eigenvalue weighted by molar-refractivity contribution is -0.383. The molecule has 1 rings (SSSR count). The first-order valence-corrected chi connectivity index (χ1v) is 6.37. The number of benzene rings is 1. The number of nitrogens with zero attached hydrogens (tertiary/aromatic N) is 2. The van der Waals surface area contributed by atoms with Crippen LogP contribution in [0.3, 0.4) is 0 Å². The number of carbonyl (C=O) groups excluding carboxylic acids is 1. The Bertz CT molecular complexity index is 521. The largest absolute Gasteiger partial charge is 0.383 e. The second-order valence-electron chi connectivity index (χ2n) is 5.96. The van der Waals surface area contributed by atoms with Gasteiger partial charge in [-0.1, -0.05) is 20.8 Å². The van der Waals surface area contributed by atoms with Gasteiger partial charge in [0.25, 0.3) is 11.6 Å². The number of rotatable bonds is 4. The summed E-state index contributed by atoms with van der Waals surface area (Å²) in [7, 11) is 3.32. The van der Waals surface area contributed by atoms with Gasteiger partial charge in [-0.15, -0.1) is 0 Å². The van der Waals surface area contributed by atoms with Gasteiger partial charge in [0.1, 0.15) is 5.69 Å². The smallest absolute Gasteiger partial charge is 0.292 e. The van der Waals surface area contributed by atoms with E-state index in [0.717, 1.165) is 0 Å². The van der Waals surface area contributed by atoms with Gasteiger partial charge in [-0.25, -0.2) is 0 Å². The zero-order valence-electron chi connectivity index (χ0n) is 12.6. The van der Waals surface area contributed by atoms with Crippen molar-refractivity contribution in [3.05, 3.63) is 33.9 Å². The lowest BCUT2D eigenvalue weighted by Gasteiger charge is -2.26. The minimum atomic E-state index is -0.473. The van der Waals surface area contributed by atoms with E-state index in [-0.39, 0.29) is 17.0 Å². The highest BCUT2D eigenvalue weighted by Gasteiger charge is 2.21. The lowest BCUT2D eigenvalue weighted by Crippen LogP contribution is -2.34. The van der Waals surface area contributed by atoms with E-state index in [1.165, 1.54) is 18.2 Å². The zero-order chi connectivity index (χ0) is 15.5. The molecule has 1 aromatic rings. The van der Waals surface area contributed by atoms with Crippen LogP contribution >= 0.6 is 0 Å². The Labute approximate surface area is 118 Å². The van der Waals surface area contributed by atoms with Gasteiger partial charge in [0, 0.05) is 32.3 Å². The molecule has 0 saturated heterocycles. The Morgan fingerprint density at radius 1 is 1.40 bits per heavy atom. The van der Waals surface area contributed by atoms with E-state index in [0.29, 0.717) is 17.8 Å². The quantitative estimate of drug-likeness (QED) is 0.679. The maximum Gasteiger partial charge on any atom is 0.292 e. The molecular weight excluding hydrogens is 258 g/mol. The van der Waals surface area contributed by atoms with Crippen molar-refractivity contribution in [3.63, 3.8) is 0 Å². The summed E-state index contributed by atoms with van der Waals surface area (Å²) >= 11 is 0. The molecule has 0 saturated carbocycles. The lowest BCUT2D eigenvalue weighted by atomic mass is 9.96. The molecule has 0 aliphatic carbocycles. The molecule has 20 heavy (non-hydrogen) atoms. The normalized spacial score (nSPS) is 11.1. The molecule has 0 aliphatic rings. The number of nitro groups is 1. The minimum Gasteiger partial charge on any atom is -0.383 e. The topological polar surface area (TPSA) is 75.5 Å². The summed E-state index contributed by atoms with van der Waals surface area (Å²) in [5, 5.41) is 13.6. The summed E-state index contributed by atoms with van der Waals surface area (Å²) < 4.78 is 0. The first-order chi connectivity index (χ1) is 9.15. The Hall–Kier alpha value is -2.11. The molecule has 110 valence electrons. The summed E-state index contributed by atoms with van der Waals surface area (Å²) in [6.07, 6.45) is 0. The van der Waals surface area contributed by atoms with E-state index in [2.05, 4.69) is 5.32 Å². The summed E-state index contributed by atoms with van der Waals surface area (Å²) in [6.45, 7) is 6.75. The van der Waals surface area contributed by atoms with E-state index in [4.69, 9.17) is 0 Å². The van der Waals surface area contributed by atoms with Crippen LogP contribution in [0.4, 0.5) is 11.4 Å². The van der Waals surface area contributed by atoms with E-state index in [1.807, 2.05) is 20.8 Å². The molecule has 0 atom stereocenters. The molecule has 0 spiro atoms. The van der Waals surface area contributed by atoms with E-state index >= 15 is 0 Å². The molecule has 6 nitrogen and oxygen atoms in total. The van der Waals surface area contributed by atoms with Crippen LogP contribution in [0.15, 0.2) is 18.2 Å². The van der Waals surface area contributed by atoms with Crippen molar-refractivity contribution in [1.82, 2.24) is 4.90 Å². The molecule has 0 radical (unpaired) electrons. The van der Waals surface area contributed by atoms with Gasteiger partial charge in [0.05, 0.1) is 4.92 Å². The van der Waals surface area contributed by atoms with Gasteiger partial charge in [-0.05, 0) is 17.5 Å². The first-order valence-electron chi connectivity index (χ1n) is 6.37. The second kappa shape index (κ2) is 5.90. The molecular formula is C14H21N3O3. The number of carbonyl (C=O) groups is 1.